The fraction of sp³-hybridized carbons (Fsp3) is 0.625. The topological polar surface area (TPSA) is 38.0 Å². The van der Waals surface area contributed by atoms with Crippen molar-refractivity contribution in [3.8, 4) is 0 Å². The molecule has 0 saturated carbocycles. The summed E-state index contributed by atoms with van der Waals surface area (Å²) >= 11 is 3.60. The van der Waals surface area contributed by atoms with Gasteiger partial charge >= 0.3 is 0 Å². The molecule has 3 N–H and O–H groups in total. The number of hydrazine groups is 1. The van der Waals surface area contributed by atoms with Crippen LogP contribution in [0.1, 0.15) is 63.1 Å². The lowest BCUT2D eigenvalue weighted by Gasteiger charge is -2.23. The maximum absolute atomic E-state index is 5.76. The van der Waals surface area contributed by atoms with Crippen LogP contribution in [0, 0.1) is 12.8 Å². The Balaban J connectivity index is 2.72. The first kappa shape index (κ1) is 16.7. The summed E-state index contributed by atoms with van der Waals surface area (Å²) in [6, 6.07) is 6.76. The molecule has 0 saturated heterocycles. The van der Waals surface area contributed by atoms with E-state index < -0.39 is 0 Å². The van der Waals surface area contributed by atoms with Crippen molar-refractivity contribution in [1.29, 1.82) is 0 Å². The predicted molar refractivity (Wildman–Crippen MR) is 86.9 cm³/mol. The van der Waals surface area contributed by atoms with Gasteiger partial charge in [-0.2, -0.15) is 0 Å². The van der Waals surface area contributed by atoms with E-state index in [0.29, 0.717) is 0 Å². The van der Waals surface area contributed by atoms with Gasteiger partial charge in [-0.3, -0.25) is 11.3 Å². The van der Waals surface area contributed by atoms with E-state index in [9.17, 15) is 0 Å². The highest BCUT2D eigenvalue weighted by atomic mass is 79.9. The molecule has 0 aliphatic carbocycles. The number of aryl methyl sites for hydroxylation is 1. The van der Waals surface area contributed by atoms with Gasteiger partial charge in [-0.25, -0.2) is 0 Å². The van der Waals surface area contributed by atoms with Gasteiger partial charge < -0.3 is 0 Å². The van der Waals surface area contributed by atoms with E-state index in [-0.39, 0.29) is 6.04 Å². The number of unbranched alkanes of at least 4 members (excludes halogenated alkanes) is 1. The monoisotopic (exact) mass is 326 g/mol. The Hall–Kier alpha value is -0.380. The molecule has 3 heteroatoms. The molecule has 2 atom stereocenters. The summed E-state index contributed by atoms with van der Waals surface area (Å²) in [5.74, 6) is 6.51. The van der Waals surface area contributed by atoms with Gasteiger partial charge in [-0.15, -0.1) is 0 Å². The van der Waals surface area contributed by atoms with E-state index in [1.807, 2.05) is 0 Å². The second-order valence-corrected chi connectivity index (χ2v) is 6.23. The van der Waals surface area contributed by atoms with Gasteiger partial charge in [0.2, 0.25) is 0 Å². The van der Waals surface area contributed by atoms with Crippen LogP contribution in [-0.4, -0.2) is 0 Å². The summed E-state index contributed by atoms with van der Waals surface area (Å²) in [7, 11) is 0. The summed E-state index contributed by atoms with van der Waals surface area (Å²) in [6.45, 7) is 6.64. The van der Waals surface area contributed by atoms with Crippen LogP contribution in [-0.2, 0) is 0 Å². The average Bonchev–Trinajstić information content (AvgIpc) is 2.42. The summed E-state index contributed by atoms with van der Waals surface area (Å²) < 4.78 is 1.16. The molecule has 0 aliphatic heterocycles. The Morgan fingerprint density at radius 2 is 2.05 bits per heavy atom. The molecule has 1 aromatic rings. The van der Waals surface area contributed by atoms with Gasteiger partial charge in [0.05, 0.1) is 0 Å². The van der Waals surface area contributed by atoms with Crippen molar-refractivity contribution in [2.75, 3.05) is 0 Å². The molecule has 2 nitrogen and oxygen atoms in total. The Kier molecular flexibility index (Phi) is 7.66. The van der Waals surface area contributed by atoms with Gasteiger partial charge in [0, 0.05) is 10.5 Å². The van der Waals surface area contributed by atoms with Gasteiger partial charge in [-0.05, 0) is 36.5 Å². The largest absolute Gasteiger partial charge is 0.271 e. The Bertz CT molecular complexity index is 379. The number of rotatable bonds is 8. The van der Waals surface area contributed by atoms with Gasteiger partial charge in [-0.1, -0.05) is 67.6 Å². The van der Waals surface area contributed by atoms with Crippen molar-refractivity contribution in [1.82, 2.24) is 5.43 Å². The molecule has 2 unspecified atom stereocenters. The maximum atomic E-state index is 5.76. The molecule has 0 bridgehead atoms. The Morgan fingerprint density at radius 3 is 2.58 bits per heavy atom. The van der Waals surface area contributed by atoms with Crippen molar-refractivity contribution in [3.63, 3.8) is 0 Å². The molecular formula is C16H27BrN2. The van der Waals surface area contributed by atoms with Crippen molar-refractivity contribution in [2.24, 2.45) is 11.8 Å². The highest BCUT2D eigenvalue weighted by Crippen LogP contribution is 2.28. The van der Waals surface area contributed by atoms with E-state index in [4.69, 9.17) is 5.84 Å². The Morgan fingerprint density at radius 1 is 1.32 bits per heavy atom. The number of nitrogens with two attached hydrogens (primary N) is 1. The first-order valence-corrected chi connectivity index (χ1v) is 8.13. The van der Waals surface area contributed by atoms with Crippen LogP contribution in [0.4, 0.5) is 0 Å². The molecular weight excluding hydrogens is 300 g/mol. The molecule has 1 aromatic carbocycles. The summed E-state index contributed by atoms with van der Waals surface area (Å²) in [5, 5.41) is 0. The third kappa shape index (κ3) is 5.25. The molecule has 19 heavy (non-hydrogen) atoms. The van der Waals surface area contributed by atoms with E-state index >= 15 is 0 Å². The third-order valence-electron chi connectivity index (χ3n) is 3.91. The van der Waals surface area contributed by atoms with Crippen LogP contribution in [0.3, 0.4) is 0 Å². The zero-order valence-corrected chi connectivity index (χ0v) is 14.0. The summed E-state index contributed by atoms with van der Waals surface area (Å²) in [4.78, 5) is 0. The van der Waals surface area contributed by atoms with Gasteiger partial charge in [0.25, 0.3) is 0 Å². The quantitative estimate of drug-likeness (QED) is 0.528. The van der Waals surface area contributed by atoms with E-state index in [0.717, 1.165) is 16.8 Å². The molecule has 108 valence electrons. The summed E-state index contributed by atoms with van der Waals surface area (Å²) in [6.07, 6.45) is 6.23. The second-order valence-electron chi connectivity index (χ2n) is 5.38. The van der Waals surface area contributed by atoms with Crippen LogP contribution in [0.25, 0.3) is 0 Å². The first-order valence-electron chi connectivity index (χ1n) is 7.34. The zero-order valence-electron chi connectivity index (χ0n) is 12.4. The lowest BCUT2D eigenvalue weighted by atomic mass is 9.89. The van der Waals surface area contributed by atoms with Gasteiger partial charge in [0.1, 0.15) is 0 Å². The maximum Gasteiger partial charge on any atom is 0.0463 e. The highest BCUT2D eigenvalue weighted by Gasteiger charge is 2.16. The van der Waals surface area contributed by atoms with Crippen LogP contribution in [0.5, 0.6) is 0 Å². The second kappa shape index (κ2) is 8.72. The highest BCUT2D eigenvalue weighted by molar-refractivity contribution is 9.10. The van der Waals surface area contributed by atoms with Gasteiger partial charge in [0.15, 0.2) is 0 Å². The van der Waals surface area contributed by atoms with Crippen molar-refractivity contribution in [2.45, 2.75) is 58.9 Å². The molecule has 0 aliphatic rings. The minimum absolute atomic E-state index is 0.249. The lowest BCUT2D eigenvalue weighted by Crippen LogP contribution is -2.29. The first-order chi connectivity index (χ1) is 9.12. The molecule has 0 aromatic heterocycles. The number of benzene rings is 1. The van der Waals surface area contributed by atoms with E-state index in [2.05, 4.69) is 60.3 Å². The molecule has 0 spiro atoms. The van der Waals surface area contributed by atoms with Crippen LogP contribution in [0.2, 0.25) is 0 Å². The van der Waals surface area contributed by atoms with Crippen molar-refractivity contribution >= 4 is 15.9 Å². The standard InChI is InChI=1S/C16H27BrN2/c1-4-6-7-13(5-2)10-16(19-18)14-9-8-12(3)15(17)11-14/h8-9,11,13,16,19H,4-7,10,18H2,1-3H3. The van der Waals surface area contributed by atoms with Crippen molar-refractivity contribution in [3.05, 3.63) is 33.8 Å². The van der Waals surface area contributed by atoms with E-state index in [1.54, 1.807) is 0 Å². The normalized spacial score (nSPS) is 14.4. The average molecular weight is 327 g/mol. The molecule has 0 amide bonds. The van der Waals surface area contributed by atoms with E-state index in [1.165, 1.54) is 36.8 Å². The van der Waals surface area contributed by atoms with Crippen LogP contribution < -0.4 is 11.3 Å². The van der Waals surface area contributed by atoms with Crippen molar-refractivity contribution < 1.29 is 0 Å². The lowest BCUT2D eigenvalue weighted by molar-refractivity contribution is 0.356. The Labute approximate surface area is 126 Å². The number of hydrogen-bond acceptors (Lipinski definition) is 2. The minimum atomic E-state index is 0.249. The molecule has 1 rings (SSSR count). The molecule has 0 radical (unpaired) electrons. The van der Waals surface area contributed by atoms with Crippen LogP contribution >= 0.6 is 15.9 Å². The third-order valence-corrected chi connectivity index (χ3v) is 4.77. The smallest absolute Gasteiger partial charge is 0.0463 e. The summed E-state index contributed by atoms with van der Waals surface area (Å²) in [5.41, 5.74) is 5.52. The SMILES string of the molecule is CCCCC(CC)CC(NN)c1ccc(C)c(Br)c1. The fourth-order valence-electron chi connectivity index (χ4n) is 2.44. The zero-order chi connectivity index (χ0) is 14.3. The number of nitrogens with one attached hydrogen (secondary N) is 1. The molecule has 0 fully saturated rings. The minimum Gasteiger partial charge on any atom is -0.271 e. The number of hydrogen-bond donors (Lipinski definition) is 2. The fourth-order valence-corrected chi connectivity index (χ4v) is 2.84. The molecule has 0 heterocycles. The predicted octanol–water partition coefficient (Wildman–Crippen LogP) is 4.87. The van der Waals surface area contributed by atoms with Crippen LogP contribution in [0.15, 0.2) is 22.7 Å². The number of halogens is 1.